The van der Waals surface area contributed by atoms with Gasteiger partial charge in [-0.3, -0.25) is 4.79 Å². The van der Waals surface area contributed by atoms with E-state index in [1.807, 2.05) is 13.8 Å². The van der Waals surface area contributed by atoms with Gasteiger partial charge in [-0.2, -0.15) is 0 Å². The van der Waals surface area contributed by atoms with Crippen molar-refractivity contribution in [3.8, 4) is 0 Å². The number of amides is 3. The lowest BCUT2D eigenvalue weighted by atomic mass is 10.3. The molecular formula is C12H23N3O3. The predicted molar refractivity (Wildman–Crippen MR) is 68.3 cm³/mol. The van der Waals surface area contributed by atoms with Crippen LogP contribution in [-0.2, 0) is 9.53 Å². The van der Waals surface area contributed by atoms with Crippen LogP contribution in [0.5, 0.6) is 0 Å². The third-order valence-corrected chi connectivity index (χ3v) is 3.08. The van der Waals surface area contributed by atoms with Crippen LogP contribution in [0, 0.1) is 0 Å². The highest BCUT2D eigenvalue weighted by Gasteiger charge is 2.23. The summed E-state index contributed by atoms with van der Waals surface area (Å²) in [7, 11) is 0. The van der Waals surface area contributed by atoms with Crippen LogP contribution >= 0.6 is 0 Å². The number of hydrogen-bond acceptors (Lipinski definition) is 3. The van der Waals surface area contributed by atoms with Crippen LogP contribution in [-0.4, -0.2) is 67.2 Å². The molecule has 3 amide bonds. The molecule has 0 spiro atoms. The Morgan fingerprint density at radius 2 is 1.83 bits per heavy atom. The molecule has 1 N–H and O–H groups in total. The monoisotopic (exact) mass is 257 g/mol. The number of hydrogen-bond donors (Lipinski definition) is 1. The molecule has 1 aliphatic rings. The van der Waals surface area contributed by atoms with E-state index in [0.29, 0.717) is 39.4 Å². The largest absolute Gasteiger partial charge is 0.378 e. The third-order valence-electron chi connectivity index (χ3n) is 3.08. The Bertz CT molecular complexity index is 286. The standard InChI is InChI=1S/C12H23N3O3/c1-4-14(5-2)11(16)10(3)13-12(17)15-6-8-18-9-7-15/h10H,4-9H2,1-3H3,(H,13,17). The van der Waals surface area contributed by atoms with Gasteiger partial charge in [0, 0.05) is 26.2 Å². The fourth-order valence-corrected chi connectivity index (χ4v) is 1.91. The van der Waals surface area contributed by atoms with E-state index in [2.05, 4.69) is 5.32 Å². The first-order valence-electron chi connectivity index (χ1n) is 6.52. The van der Waals surface area contributed by atoms with Crippen molar-refractivity contribution in [2.45, 2.75) is 26.8 Å². The van der Waals surface area contributed by atoms with E-state index < -0.39 is 6.04 Å². The lowest BCUT2D eigenvalue weighted by molar-refractivity contribution is -0.132. The molecule has 0 aliphatic carbocycles. The van der Waals surface area contributed by atoms with Gasteiger partial charge in [0.15, 0.2) is 0 Å². The van der Waals surface area contributed by atoms with Gasteiger partial charge in [0.25, 0.3) is 0 Å². The van der Waals surface area contributed by atoms with Crippen molar-refractivity contribution >= 4 is 11.9 Å². The Kier molecular flexibility index (Phi) is 5.91. The van der Waals surface area contributed by atoms with Crippen molar-refractivity contribution in [3.63, 3.8) is 0 Å². The van der Waals surface area contributed by atoms with E-state index in [1.54, 1.807) is 16.7 Å². The van der Waals surface area contributed by atoms with E-state index in [1.165, 1.54) is 0 Å². The molecule has 1 rings (SSSR count). The van der Waals surface area contributed by atoms with E-state index in [0.717, 1.165) is 0 Å². The van der Waals surface area contributed by atoms with Crippen LogP contribution in [0.15, 0.2) is 0 Å². The number of nitrogens with one attached hydrogen (secondary N) is 1. The SMILES string of the molecule is CCN(CC)C(=O)C(C)NC(=O)N1CCOCC1. The zero-order valence-corrected chi connectivity index (χ0v) is 11.4. The van der Waals surface area contributed by atoms with Crippen LogP contribution in [0.25, 0.3) is 0 Å². The second-order valence-electron chi connectivity index (χ2n) is 4.28. The molecule has 1 atom stereocenters. The molecule has 0 radical (unpaired) electrons. The topological polar surface area (TPSA) is 61.9 Å². The number of urea groups is 1. The summed E-state index contributed by atoms with van der Waals surface area (Å²) in [6.45, 7) is 9.18. The Morgan fingerprint density at radius 3 is 2.33 bits per heavy atom. The number of morpholine rings is 1. The summed E-state index contributed by atoms with van der Waals surface area (Å²) in [6, 6.07) is -0.674. The summed E-state index contributed by atoms with van der Waals surface area (Å²) < 4.78 is 5.18. The maximum absolute atomic E-state index is 12.0. The maximum Gasteiger partial charge on any atom is 0.318 e. The van der Waals surface area contributed by atoms with Gasteiger partial charge in [-0.25, -0.2) is 4.79 Å². The lowest BCUT2D eigenvalue weighted by Crippen LogP contribution is -2.53. The first kappa shape index (κ1) is 14.8. The Balaban J connectivity index is 2.45. The first-order valence-corrected chi connectivity index (χ1v) is 6.52. The van der Waals surface area contributed by atoms with Gasteiger partial charge in [0.1, 0.15) is 6.04 Å². The molecule has 0 aromatic carbocycles. The summed E-state index contributed by atoms with van der Waals surface area (Å²) in [4.78, 5) is 27.3. The van der Waals surface area contributed by atoms with E-state index in [-0.39, 0.29) is 11.9 Å². The van der Waals surface area contributed by atoms with Gasteiger partial charge in [0.05, 0.1) is 13.2 Å². The number of likely N-dealkylation sites (N-methyl/N-ethyl adjacent to an activating group) is 1. The van der Waals surface area contributed by atoms with Crippen molar-refractivity contribution in [2.75, 3.05) is 39.4 Å². The molecule has 0 saturated carbocycles. The second kappa shape index (κ2) is 7.20. The molecule has 6 nitrogen and oxygen atoms in total. The zero-order chi connectivity index (χ0) is 13.5. The van der Waals surface area contributed by atoms with Crippen LogP contribution in [0.1, 0.15) is 20.8 Å². The van der Waals surface area contributed by atoms with Gasteiger partial charge in [-0.05, 0) is 20.8 Å². The zero-order valence-electron chi connectivity index (χ0n) is 11.4. The molecule has 104 valence electrons. The van der Waals surface area contributed by atoms with Crippen LogP contribution in [0.2, 0.25) is 0 Å². The second-order valence-corrected chi connectivity index (χ2v) is 4.28. The fourth-order valence-electron chi connectivity index (χ4n) is 1.91. The van der Waals surface area contributed by atoms with Crippen LogP contribution < -0.4 is 5.32 Å². The van der Waals surface area contributed by atoms with Gasteiger partial charge in [0.2, 0.25) is 5.91 Å². The number of nitrogens with zero attached hydrogens (tertiary/aromatic N) is 2. The van der Waals surface area contributed by atoms with Crippen molar-refractivity contribution in [3.05, 3.63) is 0 Å². The first-order chi connectivity index (χ1) is 8.60. The minimum Gasteiger partial charge on any atom is -0.378 e. The van der Waals surface area contributed by atoms with E-state index in [4.69, 9.17) is 4.74 Å². The molecule has 6 heteroatoms. The Labute approximate surface area is 108 Å². The average Bonchev–Trinajstić information content (AvgIpc) is 2.40. The molecule has 1 aliphatic heterocycles. The smallest absolute Gasteiger partial charge is 0.318 e. The number of rotatable bonds is 4. The van der Waals surface area contributed by atoms with Gasteiger partial charge >= 0.3 is 6.03 Å². The molecule has 0 aromatic rings. The summed E-state index contributed by atoms with van der Waals surface area (Å²) in [5.74, 6) is -0.0402. The number of carbonyl (C=O) groups excluding carboxylic acids is 2. The highest BCUT2D eigenvalue weighted by atomic mass is 16.5. The lowest BCUT2D eigenvalue weighted by Gasteiger charge is -2.29. The molecule has 1 unspecified atom stereocenters. The predicted octanol–water partition coefficient (Wildman–Crippen LogP) is 0.285. The molecule has 0 bridgehead atoms. The fraction of sp³-hybridized carbons (Fsp3) is 0.833. The number of carbonyl (C=O) groups is 2. The molecular weight excluding hydrogens is 234 g/mol. The summed E-state index contributed by atoms with van der Waals surface area (Å²) in [5, 5.41) is 2.74. The van der Waals surface area contributed by atoms with Crippen LogP contribution in [0.3, 0.4) is 0 Å². The number of ether oxygens (including phenoxy) is 1. The van der Waals surface area contributed by atoms with Crippen molar-refractivity contribution in [1.82, 2.24) is 15.1 Å². The van der Waals surface area contributed by atoms with Gasteiger partial charge in [-0.15, -0.1) is 0 Å². The molecule has 1 heterocycles. The Morgan fingerprint density at radius 1 is 1.28 bits per heavy atom. The summed E-state index contributed by atoms with van der Waals surface area (Å²) in [5.41, 5.74) is 0. The minimum atomic E-state index is -0.486. The normalized spacial score (nSPS) is 17.2. The average molecular weight is 257 g/mol. The highest BCUT2D eigenvalue weighted by Crippen LogP contribution is 2.00. The molecule has 18 heavy (non-hydrogen) atoms. The van der Waals surface area contributed by atoms with E-state index in [9.17, 15) is 9.59 Å². The third kappa shape index (κ3) is 3.87. The minimum absolute atomic E-state index is 0.0402. The quantitative estimate of drug-likeness (QED) is 0.787. The molecule has 1 saturated heterocycles. The van der Waals surface area contributed by atoms with E-state index >= 15 is 0 Å². The summed E-state index contributed by atoms with van der Waals surface area (Å²) >= 11 is 0. The molecule has 0 aromatic heterocycles. The van der Waals surface area contributed by atoms with Gasteiger partial charge < -0.3 is 19.9 Å². The molecule has 1 fully saturated rings. The Hall–Kier alpha value is -1.30. The summed E-state index contributed by atoms with van der Waals surface area (Å²) in [6.07, 6.45) is 0. The highest BCUT2D eigenvalue weighted by molar-refractivity contribution is 5.86. The van der Waals surface area contributed by atoms with Crippen molar-refractivity contribution in [1.29, 1.82) is 0 Å². The maximum atomic E-state index is 12.0. The van der Waals surface area contributed by atoms with Crippen molar-refractivity contribution < 1.29 is 14.3 Å². The van der Waals surface area contributed by atoms with Crippen molar-refractivity contribution in [2.24, 2.45) is 0 Å². The van der Waals surface area contributed by atoms with Gasteiger partial charge in [-0.1, -0.05) is 0 Å². The van der Waals surface area contributed by atoms with Crippen LogP contribution in [0.4, 0.5) is 4.79 Å².